The van der Waals surface area contributed by atoms with E-state index >= 15 is 0 Å². The second-order valence-electron chi connectivity index (χ2n) is 4.50. The maximum absolute atomic E-state index is 5.73. The Morgan fingerprint density at radius 3 is 2.47 bits per heavy atom. The number of nitrogens with zero attached hydrogens (tertiary/aromatic N) is 1. The summed E-state index contributed by atoms with van der Waals surface area (Å²) in [6, 6.07) is 8.68. The Hall–Kier alpha value is -1.02. The fraction of sp³-hybridized carbons (Fsp3) is 0.538. The Morgan fingerprint density at radius 1 is 1.20 bits per heavy atom. The van der Waals surface area contributed by atoms with Gasteiger partial charge in [-0.2, -0.15) is 0 Å². The molecule has 82 valence electrons. The van der Waals surface area contributed by atoms with Crippen LogP contribution in [-0.2, 0) is 4.74 Å². The van der Waals surface area contributed by atoms with Crippen LogP contribution in [0.3, 0.4) is 0 Å². The van der Waals surface area contributed by atoms with Crippen molar-refractivity contribution in [3.8, 4) is 0 Å². The van der Waals surface area contributed by atoms with E-state index in [9.17, 15) is 0 Å². The van der Waals surface area contributed by atoms with Crippen molar-refractivity contribution in [3.05, 3.63) is 29.8 Å². The van der Waals surface area contributed by atoms with Crippen LogP contribution in [0.5, 0.6) is 0 Å². The van der Waals surface area contributed by atoms with Crippen molar-refractivity contribution in [2.24, 2.45) is 0 Å². The number of ether oxygens (including phenoxy) is 1. The summed E-state index contributed by atoms with van der Waals surface area (Å²) < 4.78 is 5.73. The Morgan fingerprint density at radius 2 is 1.87 bits per heavy atom. The normalized spacial score (nSPS) is 26.7. The predicted molar refractivity (Wildman–Crippen MR) is 63.4 cm³/mol. The third kappa shape index (κ3) is 2.51. The van der Waals surface area contributed by atoms with E-state index in [1.54, 1.807) is 0 Å². The summed E-state index contributed by atoms with van der Waals surface area (Å²) >= 11 is 0. The number of hydrogen-bond donors (Lipinski definition) is 0. The highest BCUT2D eigenvalue weighted by Crippen LogP contribution is 2.20. The summed E-state index contributed by atoms with van der Waals surface area (Å²) in [6.07, 6.45) is 0.656. The lowest BCUT2D eigenvalue weighted by atomic mass is 10.1. The summed E-state index contributed by atoms with van der Waals surface area (Å²) in [4.78, 5) is 2.41. The molecule has 1 aliphatic rings. The van der Waals surface area contributed by atoms with Crippen LogP contribution in [0.2, 0.25) is 0 Å². The molecule has 2 unspecified atom stereocenters. The monoisotopic (exact) mass is 205 g/mol. The second kappa shape index (κ2) is 4.23. The van der Waals surface area contributed by atoms with E-state index in [1.807, 2.05) is 0 Å². The maximum Gasteiger partial charge on any atom is 0.0726 e. The standard InChI is InChI=1S/C13H19NO/c1-10-5-4-6-13(7-10)14-8-11(2)15-12(3)9-14/h4-7,11-12H,8-9H2,1-3H3. The SMILES string of the molecule is Cc1cccc(N2CC(C)OC(C)C2)c1. The predicted octanol–water partition coefficient (Wildman–Crippen LogP) is 2.61. The van der Waals surface area contributed by atoms with Crippen molar-refractivity contribution in [1.82, 2.24) is 0 Å². The van der Waals surface area contributed by atoms with Gasteiger partial charge in [0.1, 0.15) is 0 Å². The molecule has 0 saturated carbocycles. The van der Waals surface area contributed by atoms with E-state index in [2.05, 4.69) is 49.9 Å². The van der Waals surface area contributed by atoms with Gasteiger partial charge in [0.2, 0.25) is 0 Å². The minimum absolute atomic E-state index is 0.328. The summed E-state index contributed by atoms with van der Waals surface area (Å²) in [5.74, 6) is 0. The van der Waals surface area contributed by atoms with Gasteiger partial charge in [0.05, 0.1) is 12.2 Å². The zero-order chi connectivity index (χ0) is 10.8. The van der Waals surface area contributed by atoms with Gasteiger partial charge in [-0.3, -0.25) is 0 Å². The second-order valence-corrected chi connectivity index (χ2v) is 4.50. The van der Waals surface area contributed by atoms with Crippen molar-refractivity contribution in [3.63, 3.8) is 0 Å². The summed E-state index contributed by atoms with van der Waals surface area (Å²) in [6.45, 7) is 8.40. The molecule has 0 aliphatic carbocycles. The molecule has 1 saturated heterocycles. The van der Waals surface area contributed by atoms with Crippen LogP contribution in [0, 0.1) is 6.92 Å². The molecule has 15 heavy (non-hydrogen) atoms. The number of anilines is 1. The highest BCUT2D eigenvalue weighted by atomic mass is 16.5. The fourth-order valence-corrected chi connectivity index (χ4v) is 2.21. The van der Waals surface area contributed by atoms with Gasteiger partial charge in [0.25, 0.3) is 0 Å². The minimum Gasteiger partial charge on any atom is -0.372 e. The lowest BCUT2D eigenvalue weighted by molar-refractivity contribution is -0.00521. The molecule has 0 aromatic heterocycles. The summed E-state index contributed by atoms with van der Waals surface area (Å²) in [5.41, 5.74) is 2.64. The van der Waals surface area contributed by atoms with Gasteiger partial charge >= 0.3 is 0 Å². The first-order chi connectivity index (χ1) is 7.15. The number of hydrogen-bond acceptors (Lipinski definition) is 2. The van der Waals surface area contributed by atoms with E-state index in [-0.39, 0.29) is 0 Å². The van der Waals surface area contributed by atoms with Crippen LogP contribution < -0.4 is 4.90 Å². The van der Waals surface area contributed by atoms with Crippen LogP contribution in [0.1, 0.15) is 19.4 Å². The first kappa shape index (κ1) is 10.5. The van der Waals surface area contributed by atoms with E-state index in [4.69, 9.17) is 4.74 Å². The van der Waals surface area contributed by atoms with Crippen LogP contribution in [-0.4, -0.2) is 25.3 Å². The molecule has 1 aromatic carbocycles. The zero-order valence-electron chi connectivity index (χ0n) is 9.73. The first-order valence-corrected chi connectivity index (χ1v) is 5.62. The Kier molecular flexibility index (Phi) is 2.96. The number of benzene rings is 1. The van der Waals surface area contributed by atoms with Gasteiger partial charge in [0.15, 0.2) is 0 Å². The molecule has 0 N–H and O–H groups in total. The molecule has 1 aromatic rings. The molecular formula is C13H19NO. The lowest BCUT2D eigenvalue weighted by Crippen LogP contribution is -2.45. The van der Waals surface area contributed by atoms with Gasteiger partial charge in [-0.05, 0) is 38.5 Å². The van der Waals surface area contributed by atoms with Gasteiger partial charge in [0, 0.05) is 18.8 Å². The van der Waals surface area contributed by atoms with Crippen molar-refractivity contribution < 1.29 is 4.74 Å². The van der Waals surface area contributed by atoms with E-state index in [1.165, 1.54) is 11.3 Å². The topological polar surface area (TPSA) is 12.5 Å². The largest absolute Gasteiger partial charge is 0.372 e. The van der Waals surface area contributed by atoms with E-state index in [0.29, 0.717) is 12.2 Å². The molecule has 2 atom stereocenters. The van der Waals surface area contributed by atoms with Gasteiger partial charge in [-0.15, -0.1) is 0 Å². The Bertz CT molecular complexity index is 327. The molecule has 0 spiro atoms. The van der Waals surface area contributed by atoms with Crippen LogP contribution in [0.25, 0.3) is 0 Å². The fourth-order valence-electron chi connectivity index (χ4n) is 2.21. The Labute approximate surface area is 91.9 Å². The third-order valence-corrected chi connectivity index (χ3v) is 2.79. The van der Waals surface area contributed by atoms with Crippen molar-refractivity contribution in [2.45, 2.75) is 33.0 Å². The van der Waals surface area contributed by atoms with Gasteiger partial charge in [-0.1, -0.05) is 12.1 Å². The zero-order valence-corrected chi connectivity index (χ0v) is 9.73. The van der Waals surface area contributed by atoms with E-state index in [0.717, 1.165) is 13.1 Å². The molecule has 2 heteroatoms. The van der Waals surface area contributed by atoms with Crippen LogP contribution in [0.4, 0.5) is 5.69 Å². The van der Waals surface area contributed by atoms with Gasteiger partial charge in [-0.25, -0.2) is 0 Å². The third-order valence-electron chi connectivity index (χ3n) is 2.79. The van der Waals surface area contributed by atoms with E-state index < -0.39 is 0 Å². The van der Waals surface area contributed by atoms with Crippen molar-refractivity contribution in [2.75, 3.05) is 18.0 Å². The molecule has 1 aliphatic heterocycles. The van der Waals surface area contributed by atoms with Crippen molar-refractivity contribution >= 4 is 5.69 Å². The summed E-state index contributed by atoms with van der Waals surface area (Å²) in [7, 11) is 0. The number of rotatable bonds is 1. The molecule has 1 fully saturated rings. The minimum atomic E-state index is 0.328. The highest BCUT2D eigenvalue weighted by Gasteiger charge is 2.22. The van der Waals surface area contributed by atoms with Crippen LogP contribution in [0.15, 0.2) is 24.3 Å². The molecular weight excluding hydrogens is 186 g/mol. The average molecular weight is 205 g/mol. The Balaban J connectivity index is 2.16. The molecule has 0 amide bonds. The molecule has 2 nitrogen and oxygen atoms in total. The molecule has 0 radical (unpaired) electrons. The van der Waals surface area contributed by atoms with Crippen molar-refractivity contribution in [1.29, 1.82) is 0 Å². The van der Waals surface area contributed by atoms with Crippen LogP contribution >= 0.6 is 0 Å². The smallest absolute Gasteiger partial charge is 0.0726 e. The quantitative estimate of drug-likeness (QED) is 0.698. The lowest BCUT2D eigenvalue weighted by Gasteiger charge is -2.37. The average Bonchev–Trinajstić information content (AvgIpc) is 2.16. The summed E-state index contributed by atoms with van der Waals surface area (Å²) in [5, 5.41) is 0. The number of morpholine rings is 1. The number of aryl methyl sites for hydroxylation is 1. The van der Waals surface area contributed by atoms with Gasteiger partial charge < -0.3 is 9.64 Å². The molecule has 0 bridgehead atoms. The maximum atomic E-state index is 5.73. The molecule has 1 heterocycles. The molecule has 2 rings (SSSR count). The highest BCUT2D eigenvalue weighted by molar-refractivity contribution is 5.48. The first-order valence-electron chi connectivity index (χ1n) is 5.62.